The highest BCUT2D eigenvalue weighted by Gasteiger charge is 2.66. The minimum Gasteiger partial charge on any atom is -0.508 e. The lowest BCUT2D eigenvalue weighted by Gasteiger charge is -2.44. The van der Waals surface area contributed by atoms with Crippen LogP contribution in [0.5, 0.6) is 5.75 Å². The van der Waals surface area contributed by atoms with Crippen LogP contribution in [0.3, 0.4) is 0 Å². The standard InChI is InChI=1S/C16H13F3N2O4S/c17-16(18,19)15(25)11(13(23)10-2-1-7-26-10)12(20-14(24)21-15)8-3-5-9(22)6-4-8/h1-7,11-12,22,25H,(H2,20,21,24). The van der Waals surface area contributed by atoms with Crippen molar-refractivity contribution in [3.05, 3.63) is 52.2 Å². The second-order valence-electron chi connectivity index (χ2n) is 5.75. The molecule has 2 aromatic rings. The van der Waals surface area contributed by atoms with E-state index >= 15 is 0 Å². The van der Waals surface area contributed by atoms with Gasteiger partial charge < -0.3 is 20.8 Å². The van der Waals surface area contributed by atoms with Gasteiger partial charge in [-0.15, -0.1) is 11.3 Å². The van der Waals surface area contributed by atoms with Gasteiger partial charge in [0.05, 0.1) is 10.9 Å². The van der Waals surface area contributed by atoms with Gasteiger partial charge in [0.15, 0.2) is 5.78 Å². The fraction of sp³-hybridized carbons (Fsp3) is 0.250. The quantitative estimate of drug-likeness (QED) is 0.610. The summed E-state index contributed by atoms with van der Waals surface area (Å²) in [6, 6.07) is 5.09. The maximum atomic E-state index is 13.6. The van der Waals surface area contributed by atoms with Gasteiger partial charge in [-0.2, -0.15) is 13.2 Å². The van der Waals surface area contributed by atoms with Crippen LogP contribution in [0.4, 0.5) is 18.0 Å². The monoisotopic (exact) mass is 386 g/mol. The maximum absolute atomic E-state index is 13.6. The molecule has 0 spiro atoms. The second kappa shape index (κ2) is 6.29. The number of carbonyl (C=O) groups is 2. The highest BCUT2D eigenvalue weighted by Crippen LogP contribution is 2.44. The number of phenols is 1. The Kier molecular flexibility index (Phi) is 4.41. The van der Waals surface area contributed by atoms with Gasteiger partial charge in [0.2, 0.25) is 5.72 Å². The van der Waals surface area contributed by atoms with Gasteiger partial charge in [-0.25, -0.2) is 4.79 Å². The summed E-state index contributed by atoms with van der Waals surface area (Å²) in [5.41, 5.74) is -3.62. The van der Waals surface area contributed by atoms with Crippen molar-refractivity contribution < 1.29 is 33.0 Å². The van der Waals surface area contributed by atoms with E-state index in [1.54, 1.807) is 0 Å². The molecule has 138 valence electrons. The van der Waals surface area contributed by atoms with Crippen LogP contribution >= 0.6 is 11.3 Å². The van der Waals surface area contributed by atoms with Crippen molar-refractivity contribution in [3.63, 3.8) is 0 Å². The van der Waals surface area contributed by atoms with E-state index in [1.165, 1.54) is 47.1 Å². The number of benzene rings is 1. The van der Waals surface area contributed by atoms with Gasteiger partial charge in [-0.1, -0.05) is 18.2 Å². The van der Waals surface area contributed by atoms with Crippen molar-refractivity contribution in [2.75, 3.05) is 0 Å². The lowest BCUT2D eigenvalue weighted by atomic mass is 9.78. The van der Waals surface area contributed by atoms with E-state index in [4.69, 9.17) is 0 Å². The number of rotatable bonds is 3. The molecule has 1 aliphatic heterocycles. The average Bonchev–Trinajstić information content (AvgIpc) is 3.08. The van der Waals surface area contributed by atoms with Crippen LogP contribution in [0.15, 0.2) is 41.8 Å². The molecule has 2 heterocycles. The largest absolute Gasteiger partial charge is 0.508 e. The molecule has 0 radical (unpaired) electrons. The minimum atomic E-state index is -5.29. The fourth-order valence-corrected chi connectivity index (χ4v) is 3.57. The van der Waals surface area contributed by atoms with E-state index in [9.17, 15) is 33.0 Å². The van der Waals surface area contributed by atoms with Crippen molar-refractivity contribution >= 4 is 23.2 Å². The van der Waals surface area contributed by atoms with Gasteiger partial charge in [-0.05, 0) is 29.1 Å². The molecule has 10 heteroatoms. The van der Waals surface area contributed by atoms with Crippen LogP contribution in [-0.4, -0.2) is 33.9 Å². The Morgan fingerprint density at radius 2 is 1.85 bits per heavy atom. The Morgan fingerprint density at radius 3 is 2.38 bits per heavy atom. The lowest BCUT2D eigenvalue weighted by molar-refractivity contribution is -0.287. The van der Waals surface area contributed by atoms with Gasteiger partial charge in [0.25, 0.3) is 0 Å². The average molecular weight is 386 g/mol. The summed E-state index contributed by atoms with van der Waals surface area (Å²) in [5.74, 6) is -3.17. The number of phenolic OH excluding ortho intramolecular Hbond substituents is 1. The van der Waals surface area contributed by atoms with Crippen LogP contribution < -0.4 is 10.6 Å². The number of aromatic hydroxyl groups is 1. The highest BCUT2D eigenvalue weighted by molar-refractivity contribution is 7.12. The Labute approximate surface area is 149 Å². The van der Waals surface area contributed by atoms with E-state index in [1.807, 2.05) is 0 Å². The zero-order valence-corrected chi connectivity index (χ0v) is 13.8. The van der Waals surface area contributed by atoms with Crippen LogP contribution in [0, 0.1) is 5.92 Å². The van der Waals surface area contributed by atoms with Gasteiger partial charge in [-0.3, -0.25) is 4.79 Å². The number of Topliss-reactive ketones (excluding diaryl/α,β-unsaturated/α-hetero) is 1. The molecule has 0 aliphatic carbocycles. The molecular formula is C16H13F3N2O4S. The Balaban J connectivity index is 2.14. The smallest absolute Gasteiger partial charge is 0.437 e. The van der Waals surface area contributed by atoms with Gasteiger partial charge in [0, 0.05) is 0 Å². The maximum Gasteiger partial charge on any atom is 0.437 e. The first-order valence-corrected chi connectivity index (χ1v) is 8.26. The second-order valence-corrected chi connectivity index (χ2v) is 6.70. The molecule has 2 amide bonds. The number of nitrogens with one attached hydrogen (secondary N) is 2. The number of carbonyl (C=O) groups excluding carboxylic acids is 2. The number of alkyl halides is 3. The topological polar surface area (TPSA) is 98.7 Å². The van der Waals surface area contributed by atoms with E-state index in [-0.39, 0.29) is 16.2 Å². The molecule has 0 bridgehead atoms. The van der Waals surface area contributed by atoms with Crippen LogP contribution in [0.1, 0.15) is 21.3 Å². The third-order valence-electron chi connectivity index (χ3n) is 4.10. The lowest BCUT2D eigenvalue weighted by Crippen LogP contribution is -2.72. The molecule has 1 aliphatic rings. The molecule has 3 unspecified atom stereocenters. The molecule has 4 N–H and O–H groups in total. The van der Waals surface area contributed by atoms with E-state index in [0.717, 1.165) is 11.3 Å². The van der Waals surface area contributed by atoms with E-state index < -0.39 is 35.7 Å². The first-order chi connectivity index (χ1) is 12.1. The molecule has 26 heavy (non-hydrogen) atoms. The number of hydrogen-bond donors (Lipinski definition) is 4. The van der Waals surface area contributed by atoms with Gasteiger partial charge >= 0.3 is 12.2 Å². The molecule has 6 nitrogen and oxygen atoms in total. The van der Waals surface area contributed by atoms with E-state index in [2.05, 4.69) is 5.32 Å². The molecule has 1 aromatic heterocycles. The highest BCUT2D eigenvalue weighted by atomic mass is 32.1. The predicted molar refractivity (Wildman–Crippen MR) is 85.7 cm³/mol. The number of amides is 2. The number of hydrogen-bond acceptors (Lipinski definition) is 5. The predicted octanol–water partition coefficient (Wildman–Crippen LogP) is 2.56. The molecule has 3 rings (SSSR count). The Hall–Kier alpha value is -2.59. The Bertz CT molecular complexity index is 823. The zero-order valence-electron chi connectivity index (χ0n) is 12.9. The number of aliphatic hydroxyl groups is 1. The van der Waals surface area contributed by atoms with Gasteiger partial charge in [0.1, 0.15) is 11.7 Å². The fourth-order valence-electron chi connectivity index (χ4n) is 2.87. The summed E-state index contributed by atoms with van der Waals surface area (Å²) in [5, 5.41) is 24.9. The molecule has 0 saturated carbocycles. The summed E-state index contributed by atoms with van der Waals surface area (Å²) >= 11 is 0.928. The van der Waals surface area contributed by atoms with Crippen LogP contribution in [0.2, 0.25) is 0 Å². The summed E-state index contributed by atoms with van der Waals surface area (Å²) in [7, 11) is 0. The number of halogens is 3. The summed E-state index contributed by atoms with van der Waals surface area (Å²) in [6.07, 6.45) is -5.29. The van der Waals surface area contributed by atoms with Crippen molar-refractivity contribution in [3.8, 4) is 5.75 Å². The van der Waals surface area contributed by atoms with Crippen LogP contribution in [0.25, 0.3) is 0 Å². The van der Waals surface area contributed by atoms with E-state index in [0.29, 0.717) is 0 Å². The number of ketones is 1. The molecule has 3 atom stereocenters. The zero-order chi connectivity index (χ0) is 19.1. The first kappa shape index (κ1) is 18.2. The third-order valence-corrected chi connectivity index (χ3v) is 4.99. The van der Waals surface area contributed by atoms with Crippen molar-refractivity contribution in [2.45, 2.75) is 17.9 Å². The molecule has 1 aromatic carbocycles. The molecule has 1 saturated heterocycles. The van der Waals surface area contributed by atoms with Crippen LogP contribution in [-0.2, 0) is 0 Å². The summed E-state index contributed by atoms with van der Waals surface area (Å²) in [4.78, 5) is 24.6. The first-order valence-electron chi connectivity index (χ1n) is 7.38. The normalized spacial score (nSPS) is 26.1. The van der Waals surface area contributed by atoms with Crippen molar-refractivity contribution in [1.82, 2.24) is 10.6 Å². The summed E-state index contributed by atoms with van der Waals surface area (Å²) in [6.45, 7) is 0. The molecule has 1 fully saturated rings. The van der Waals surface area contributed by atoms with Crippen molar-refractivity contribution in [1.29, 1.82) is 0 Å². The third kappa shape index (κ3) is 3.01. The SMILES string of the molecule is O=C1NC(c2ccc(O)cc2)C(C(=O)c2cccs2)C(O)(C(F)(F)F)N1. The Morgan fingerprint density at radius 1 is 1.19 bits per heavy atom. The minimum absolute atomic E-state index is 0.0133. The number of thiophene rings is 1. The molecular weight excluding hydrogens is 373 g/mol. The van der Waals surface area contributed by atoms with Crippen molar-refractivity contribution in [2.24, 2.45) is 5.92 Å². The number of urea groups is 1. The summed E-state index contributed by atoms with van der Waals surface area (Å²) < 4.78 is 40.9.